The van der Waals surface area contributed by atoms with Gasteiger partial charge in [-0.25, -0.2) is 0 Å². The van der Waals surface area contributed by atoms with E-state index >= 15 is 0 Å². The summed E-state index contributed by atoms with van der Waals surface area (Å²) in [5.41, 5.74) is 0.565. The summed E-state index contributed by atoms with van der Waals surface area (Å²) in [5, 5.41) is 3.61. The second-order valence-corrected chi connectivity index (χ2v) is 7.69. The van der Waals surface area contributed by atoms with Crippen molar-refractivity contribution in [1.29, 1.82) is 0 Å². The number of nitrogens with one attached hydrogen (secondary N) is 1. The molecule has 32 heavy (non-hydrogen) atoms. The normalized spacial score (nSPS) is 11.4. The highest BCUT2D eigenvalue weighted by Crippen LogP contribution is 2.29. The molecule has 2 aromatic carbocycles. The number of halogens is 2. The fourth-order valence-corrected chi connectivity index (χ4v) is 3.67. The van der Waals surface area contributed by atoms with Crippen LogP contribution in [-0.2, 0) is 16.1 Å². The Morgan fingerprint density at radius 3 is 2.06 bits per heavy atom. The predicted molar refractivity (Wildman–Crippen MR) is 125 cm³/mol. The van der Waals surface area contributed by atoms with Crippen molar-refractivity contribution in [2.45, 2.75) is 32.9 Å². The summed E-state index contributed by atoms with van der Waals surface area (Å²) in [6.07, 6.45) is 0.409. The Labute approximate surface area is 198 Å². The van der Waals surface area contributed by atoms with Gasteiger partial charge in [-0.2, -0.15) is 0 Å². The average Bonchev–Trinajstić information content (AvgIpc) is 2.79. The van der Waals surface area contributed by atoms with Crippen LogP contribution in [0.3, 0.4) is 0 Å². The summed E-state index contributed by atoms with van der Waals surface area (Å²) in [7, 11) is 3.05. The molecule has 0 saturated carbocycles. The zero-order valence-electron chi connectivity index (χ0n) is 18.6. The van der Waals surface area contributed by atoms with Gasteiger partial charge in [0.15, 0.2) is 6.61 Å². The standard InChI is InChI=1S/C23H28Cl2N2O5/c1-5-21(23(29)26-6-2)27(13-18-19(24)8-7-9-20(18)25)22(28)14-32-17-11-15(30-3)10-16(12-17)31-4/h7-12,21H,5-6,13-14H2,1-4H3,(H,26,29)/t21-/m1/s1. The van der Waals surface area contributed by atoms with Crippen molar-refractivity contribution in [3.8, 4) is 17.2 Å². The topological polar surface area (TPSA) is 77.1 Å². The molecule has 0 saturated heterocycles. The van der Waals surface area contributed by atoms with Crippen LogP contribution in [0.4, 0.5) is 0 Å². The predicted octanol–water partition coefficient (Wildman–Crippen LogP) is 4.33. The molecule has 2 rings (SSSR count). The first-order valence-corrected chi connectivity index (χ1v) is 11.0. The molecule has 174 valence electrons. The van der Waals surface area contributed by atoms with Gasteiger partial charge in [-0.05, 0) is 25.5 Å². The minimum Gasteiger partial charge on any atom is -0.496 e. The minimum absolute atomic E-state index is 0.0672. The van der Waals surface area contributed by atoms with E-state index in [2.05, 4.69) is 5.32 Å². The monoisotopic (exact) mass is 482 g/mol. The van der Waals surface area contributed by atoms with Gasteiger partial charge in [0.2, 0.25) is 5.91 Å². The second kappa shape index (κ2) is 12.4. The molecule has 0 fully saturated rings. The third-order valence-corrected chi connectivity index (χ3v) is 5.52. The molecule has 0 heterocycles. The zero-order valence-corrected chi connectivity index (χ0v) is 20.1. The Morgan fingerprint density at radius 1 is 1.00 bits per heavy atom. The molecular formula is C23H28Cl2N2O5. The number of likely N-dealkylation sites (N-methyl/N-ethyl adjacent to an activating group) is 1. The summed E-state index contributed by atoms with van der Waals surface area (Å²) in [6, 6.07) is 9.38. The maximum Gasteiger partial charge on any atom is 0.261 e. The van der Waals surface area contributed by atoms with Crippen LogP contribution in [-0.4, -0.2) is 50.1 Å². The van der Waals surface area contributed by atoms with Crippen molar-refractivity contribution in [3.63, 3.8) is 0 Å². The molecule has 0 unspecified atom stereocenters. The maximum atomic E-state index is 13.2. The summed E-state index contributed by atoms with van der Waals surface area (Å²) in [5.74, 6) is 0.812. The second-order valence-electron chi connectivity index (χ2n) is 6.88. The molecule has 1 atom stereocenters. The Balaban J connectivity index is 2.30. The first-order valence-electron chi connectivity index (χ1n) is 10.2. The van der Waals surface area contributed by atoms with E-state index in [0.717, 1.165) is 0 Å². The van der Waals surface area contributed by atoms with E-state index in [1.165, 1.54) is 19.1 Å². The van der Waals surface area contributed by atoms with Crippen LogP contribution >= 0.6 is 23.2 Å². The first kappa shape index (κ1) is 25.6. The molecule has 0 spiro atoms. The Bertz CT molecular complexity index is 896. The SMILES string of the molecule is CCNC(=O)[C@@H](CC)N(Cc1c(Cl)cccc1Cl)C(=O)COc1cc(OC)cc(OC)c1. The van der Waals surface area contributed by atoms with E-state index in [9.17, 15) is 9.59 Å². The molecule has 0 aliphatic rings. The van der Waals surface area contributed by atoms with Crippen molar-refractivity contribution in [3.05, 3.63) is 52.0 Å². The number of methoxy groups -OCH3 is 2. The Kier molecular flexibility index (Phi) is 9.94. The molecule has 2 amide bonds. The Hall–Kier alpha value is -2.64. The zero-order chi connectivity index (χ0) is 23.7. The van der Waals surface area contributed by atoms with Crippen LogP contribution in [0, 0.1) is 0 Å². The van der Waals surface area contributed by atoms with Gasteiger partial charge < -0.3 is 24.4 Å². The van der Waals surface area contributed by atoms with E-state index in [0.29, 0.717) is 45.8 Å². The minimum atomic E-state index is -0.710. The van der Waals surface area contributed by atoms with Crippen LogP contribution in [0.2, 0.25) is 10.0 Å². The largest absolute Gasteiger partial charge is 0.496 e. The number of hydrogen-bond acceptors (Lipinski definition) is 5. The number of carbonyl (C=O) groups excluding carboxylic acids is 2. The van der Waals surface area contributed by atoms with Crippen LogP contribution in [0.1, 0.15) is 25.8 Å². The van der Waals surface area contributed by atoms with Gasteiger partial charge in [-0.15, -0.1) is 0 Å². The fourth-order valence-electron chi connectivity index (χ4n) is 3.16. The van der Waals surface area contributed by atoms with Gasteiger partial charge >= 0.3 is 0 Å². The van der Waals surface area contributed by atoms with E-state index in [4.69, 9.17) is 37.4 Å². The van der Waals surface area contributed by atoms with Crippen LogP contribution in [0.15, 0.2) is 36.4 Å². The Morgan fingerprint density at radius 2 is 1.56 bits per heavy atom. The summed E-state index contributed by atoms with van der Waals surface area (Å²) in [6.45, 7) is 3.87. The molecule has 9 heteroatoms. The molecule has 1 N–H and O–H groups in total. The van der Waals surface area contributed by atoms with Crippen LogP contribution < -0.4 is 19.5 Å². The van der Waals surface area contributed by atoms with E-state index in [-0.39, 0.29) is 25.0 Å². The molecule has 0 aliphatic carbocycles. The summed E-state index contributed by atoms with van der Waals surface area (Å²) >= 11 is 12.6. The first-order chi connectivity index (χ1) is 15.3. The van der Waals surface area contributed by atoms with Crippen LogP contribution in [0.5, 0.6) is 17.2 Å². The third-order valence-electron chi connectivity index (χ3n) is 4.81. The lowest BCUT2D eigenvalue weighted by molar-refractivity contribution is -0.142. The van der Waals surface area contributed by atoms with E-state index in [1.54, 1.807) is 36.4 Å². The highest BCUT2D eigenvalue weighted by Gasteiger charge is 2.29. The van der Waals surface area contributed by atoms with Crippen molar-refractivity contribution < 1.29 is 23.8 Å². The van der Waals surface area contributed by atoms with Crippen molar-refractivity contribution in [1.82, 2.24) is 10.2 Å². The van der Waals surface area contributed by atoms with Gasteiger partial charge in [-0.3, -0.25) is 9.59 Å². The number of carbonyl (C=O) groups is 2. The number of amides is 2. The number of nitrogens with zero attached hydrogens (tertiary/aromatic N) is 1. The maximum absolute atomic E-state index is 13.2. The lowest BCUT2D eigenvalue weighted by Crippen LogP contribution is -2.50. The average molecular weight is 483 g/mol. The molecule has 0 radical (unpaired) electrons. The van der Waals surface area contributed by atoms with Crippen molar-refractivity contribution in [2.75, 3.05) is 27.4 Å². The lowest BCUT2D eigenvalue weighted by Gasteiger charge is -2.31. The van der Waals surface area contributed by atoms with Gasteiger partial charge in [0.05, 0.1) is 14.2 Å². The highest BCUT2D eigenvalue weighted by atomic mass is 35.5. The molecular weight excluding hydrogens is 455 g/mol. The number of benzene rings is 2. The van der Waals surface area contributed by atoms with Gasteiger partial charge in [0, 0.05) is 46.9 Å². The molecule has 0 aromatic heterocycles. The quantitative estimate of drug-likeness (QED) is 0.515. The van der Waals surface area contributed by atoms with Crippen LogP contribution in [0.25, 0.3) is 0 Å². The van der Waals surface area contributed by atoms with Crippen molar-refractivity contribution in [2.24, 2.45) is 0 Å². The number of rotatable bonds is 11. The summed E-state index contributed by atoms with van der Waals surface area (Å²) in [4.78, 5) is 27.4. The number of ether oxygens (including phenoxy) is 3. The summed E-state index contributed by atoms with van der Waals surface area (Å²) < 4.78 is 16.2. The van der Waals surface area contributed by atoms with Gasteiger partial charge in [0.25, 0.3) is 5.91 Å². The molecule has 2 aromatic rings. The number of hydrogen-bond donors (Lipinski definition) is 1. The highest BCUT2D eigenvalue weighted by molar-refractivity contribution is 6.36. The lowest BCUT2D eigenvalue weighted by atomic mass is 10.1. The van der Waals surface area contributed by atoms with Gasteiger partial charge in [0.1, 0.15) is 23.3 Å². The molecule has 0 bridgehead atoms. The molecule has 0 aliphatic heterocycles. The third kappa shape index (κ3) is 6.68. The smallest absolute Gasteiger partial charge is 0.261 e. The molecule has 7 nitrogen and oxygen atoms in total. The fraction of sp³-hybridized carbons (Fsp3) is 0.391. The van der Waals surface area contributed by atoms with Crippen molar-refractivity contribution >= 4 is 35.0 Å². The van der Waals surface area contributed by atoms with E-state index in [1.807, 2.05) is 13.8 Å². The van der Waals surface area contributed by atoms with Gasteiger partial charge in [-0.1, -0.05) is 36.2 Å². The van der Waals surface area contributed by atoms with E-state index < -0.39 is 6.04 Å².